The van der Waals surface area contributed by atoms with E-state index in [0.29, 0.717) is 12.8 Å². The molecule has 0 bridgehead atoms. The summed E-state index contributed by atoms with van der Waals surface area (Å²) in [5.74, 6) is 0. The van der Waals surface area contributed by atoms with Crippen molar-refractivity contribution in [3.63, 3.8) is 0 Å². The molecule has 1 aliphatic heterocycles. The Morgan fingerprint density at radius 2 is 1.91 bits per heavy atom. The Kier molecular flexibility index (Phi) is 7.82. The van der Waals surface area contributed by atoms with Gasteiger partial charge in [-0.2, -0.15) is 0 Å². The molecular weight excluding hydrogens is 304 g/mol. The first-order valence-electron chi connectivity index (χ1n) is 7.65. The van der Waals surface area contributed by atoms with E-state index in [-0.39, 0.29) is 6.61 Å². The molecule has 1 heterocycles. The Morgan fingerprint density at radius 3 is 2.48 bits per heavy atom. The number of aliphatic hydroxyl groups is 5. The Labute approximate surface area is 136 Å². The summed E-state index contributed by atoms with van der Waals surface area (Å²) in [6.07, 6.45) is -1.83. The molecule has 1 fully saturated rings. The van der Waals surface area contributed by atoms with Crippen molar-refractivity contribution in [3.05, 3.63) is 24.3 Å². The topological polar surface area (TPSA) is 120 Å². The lowest BCUT2D eigenvalue weighted by molar-refractivity contribution is -0.299. The Morgan fingerprint density at radius 1 is 1.26 bits per heavy atom. The standard InChI is InChI=1S/C16H28O7/c1-4-16(3,21)7-5-6-10(2)9-22-15-14(20)13(19)12(18)11(8-17)23-15/h4,6,11-15,17-21H,1,5,7-9H2,2-3H3/b10-6-/t11-,12-,13+,14-,15-,16?/m1/s1. The van der Waals surface area contributed by atoms with Crippen LogP contribution in [0.15, 0.2) is 24.3 Å². The van der Waals surface area contributed by atoms with Crippen molar-refractivity contribution in [1.82, 2.24) is 0 Å². The highest BCUT2D eigenvalue weighted by Crippen LogP contribution is 2.22. The fourth-order valence-electron chi connectivity index (χ4n) is 2.19. The molecule has 7 heteroatoms. The number of rotatable bonds is 8. The lowest BCUT2D eigenvalue weighted by Gasteiger charge is -2.39. The summed E-state index contributed by atoms with van der Waals surface area (Å²) >= 11 is 0. The monoisotopic (exact) mass is 332 g/mol. The quantitative estimate of drug-likeness (QED) is 0.379. The van der Waals surface area contributed by atoms with Gasteiger partial charge in [-0.1, -0.05) is 17.7 Å². The molecule has 1 saturated heterocycles. The number of allylic oxidation sites excluding steroid dienone is 1. The summed E-state index contributed by atoms with van der Waals surface area (Å²) in [5.41, 5.74) is -0.0589. The van der Waals surface area contributed by atoms with Crippen molar-refractivity contribution < 1.29 is 35.0 Å². The molecule has 0 aliphatic carbocycles. The molecule has 5 N–H and O–H groups in total. The SMILES string of the molecule is C=CC(C)(O)CC/C=C(/C)CO[C@@H]1O[C@H](CO)[C@@H](O)[C@H](O)[C@H]1O. The third kappa shape index (κ3) is 5.96. The van der Waals surface area contributed by atoms with Crippen LogP contribution in [-0.2, 0) is 9.47 Å². The van der Waals surface area contributed by atoms with Crippen molar-refractivity contribution in [2.45, 2.75) is 63.0 Å². The smallest absolute Gasteiger partial charge is 0.187 e. The van der Waals surface area contributed by atoms with Crippen LogP contribution in [0.25, 0.3) is 0 Å². The van der Waals surface area contributed by atoms with Crippen molar-refractivity contribution in [1.29, 1.82) is 0 Å². The lowest BCUT2D eigenvalue weighted by Crippen LogP contribution is -2.59. The van der Waals surface area contributed by atoms with E-state index >= 15 is 0 Å². The summed E-state index contributed by atoms with van der Waals surface area (Å²) < 4.78 is 10.7. The fourth-order valence-corrected chi connectivity index (χ4v) is 2.19. The number of ether oxygens (including phenoxy) is 2. The van der Waals surface area contributed by atoms with Crippen LogP contribution in [-0.4, -0.2) is 75.1 Å². The second kappa shape index (κ2) is 8.89. The molecule has 1 aliphatic rings. The normalized spacial score (nSPS) is 34.9. The van der Waals surface area contributed by atoms with Crippen molar-refractivity contribution in [2.24, 2.45) is 0 Å². The first kappa shape index (κ1) is 20.2. The molecule has 0 aromatic carbocycles. The van der Waals surface area contributed by atoms with Crippen LogP contribution in [0.3, 0.4) is 0 Å². The predicted octanol–water partition coefficient (Wildman–Crippen LogP) is -0.534. The highest BCUT2D eigenvalue weighted by molar-refractivity contribution is 5.01. The van der Waals surface area contributed by atoms with E-state index in [1.54, 1.807) is 6.92 Å². The Hall–Kier alpha value is -0.800. The number of hydrogen-bond donors (Lipinski definition) is 5. The first-order valence-corrected chi connectivity index (χ1v) is 7.65. The summed E-state index contributed by atoms with van der Waals surface area (Å²) in [5, 5.41) is 48.1. The zero-order chi connectivity index (χ0) is 17.6. The molecule has 7 nitrogen and oxygen atoms in total. The lowest BCUT2D eigenvalue weighted by atomic mass is 9.99. The van der Waals surface area contributed by atoms with E-state index < -0.39 is 42.9 Å². The molecule has 1 rings (SSSR count). The molecule has 0 spiro atoms. The predicted molar refractivity (Wildman–Crippen MR) is 83.5 cm³/mol. The van der Waals surface area contributed by atoms with E-state index in [9.17, 15) is 20.4 Å². The minimum atomic E-state index is -1.45. The van der Waals surface area contributed by atoms with E-state index in [4.69, 9.17) is 14.6 Å². The average molecular weight is 332 g/mol. The van der Waals surface area contributed by atoms with Gasteiger partial charge in [0.05, 0.1) is 18.8 Å². The van der Waals surface area contributed by atoms with Crippen LogP contribution in [0.1, 0.15) is 26.7 Å². The van der Waals surface area contributed by atoms with Gasteiger partial charge in [0, 0.05) is 0 Å². The van der Waals surface area contributed by atoms with Crippen molar-refractivity contribution in [3.8, 4) is 0 Å². The highest BCUT2D eigenvalue weighted by Gasteiger charge is 2.43. The molecule has 0 aromatic rings. The van der Waals surface area contributed by atoms with Gasteiger partial charge in [-0.3, -0.25) is 0 Å². The minimum Gasteiger partial charge on any atom is -0.394 e. The van der Waals surface area contributed by atoms with Crippen LogP contribution in [0, 0.1) is 0 Å². The van der Waals surface area contributed by atoms with Gasteiger partial charge in [-0.05, 0) is 26.7 Å². The van der Waals surface area contributed by atoms with Gasteiger partial charge in [0.1, 0.15) is 24.4 Å². The second-order valence-corrected chi connectivity index (χ2v) is 6.16. The van der Waals surface area contributed by atoms with E-state index in [1.165, 1.54) is 6.08 Å². The third-order valence-electron chi connectivity index (χ3n) is 3.91. The van der Waals surface area contributed by atoms with Gasteiger partial charge in [0.25, 0.3) is 0 Å². The van der Waals surface area contributed by atoms with Crippen molar-refractivity contribution in [2.75, 3.05) is 13.2 Å². The van der Waals surface area contributed by atoms with E-state index in [2.05, 4.69) is 6.58 Å². The van der Waals surface area contributed by atoms with Crippen LogP contribution >= 0.6 is 0 Å². The average Bonchev–Trinajstić information content (AvgIpc) is 2.52. The zero-order valence-corrected chi connectivity index (χ0v) is 13.6. The van der Waals surface area contributed by atoms with Gasteiger partial charge in [-0.15, -0.1) is 6.58 Å². The highest BCUT2D eigenvalue weighted by atomic mass is 16.7. The van der Waals surface area contributed by atoms with Gasteiger partial charge in [-0.25, -0.2) is 0 Å². The van der Waals surface area contributed by atoms with Crippen molar-refractivity contribution >= 4 is 0 Å². The molecule has 0 aromatic heterocycles. The largest absolute Gasteiger partial charge is 0.394 e. The summed E-state index contributed by atoms with van der Waals surface area (Å²) in [7, 11) is 0. The fraction of sp³-hybridized carbons (Fsp3) is 0.750. The third-order valence-corrected chi connectivity index (χ3v) is 3.91. The van der Waals surface area contributed by atoms with Gasteiger partial charge in [0.2, 0.25) is 0 Å². The van der Waals surface area contributed by atoms with Gasteiger partial charge >= 0.3 is 0 Å². The molecule has 0 radical (unpaired) electrons. The Bertz CT molecular complexity index is 405. The van der Waals surface area contributed by atoms with E-state index in [0.717, 1.165) is 5.57 Å². The maximum Gasteiger partial charge on any atom is 0.187 e. The summed E-state index contributed by atoms with van der Waals surface area (Å²) in [6, 6.07) is 0. The molecule has 134 valence electrons. The number of hydrogen-bond acceptors (Lipinski definition) is 7. The molecule has 23 heavy (non-hydrogen) atoms. The summed E-state index contributed by atoms with van der Waals surface area (Å²) in [4.78, 5) is 0. The van der Waals surface area contributed by atoms with Crippen LogP contribution in [0.5, 0.6) is 0 Å². The van der Waals surface area contributed by atoms with Crippen LogP contribution in [0.2, 0.25) is 0 Å². The second-order valence-electron chi connectivity index (χ2n) is 6.16. The first-order chi connectivity index (χ1) is 10.7. The summed E-state index contributed by atoms with van der Waals surface area (Å²) in [6.45, 7) is 6.72. The molecule has 0 amide bonds. The maximum atomic E-state index is 9.84. The Balaban J connectivity index is 2.48. The van der Waals surface area contributed by atoms with Crippen LogP contribution < -0.4 is 0 Å². The molecular formula is C16H28O7. The molecule has 1 unspecified atom stereocenters. The number of aliphatic hydroxyl groups excluding tert-OH is 4. The van der Waals surface area contributed by atoms with E-state index in [1.807, 2.05) is 13.0 Å². The van der Waals surface area contributed by atoms with Gasteiger partial charge in [0.15, 0.2) is 6.29 Å². The maximum absolute atomic E-state index is 9.84. The van der Waals surface area contributed by atoms with Crippen LogP contribution in [0.4, 0.5) is 0 Å². The van der Waals surface area contributed by atoms with Gasteiger partial charge < -0.3 is 35.0 Å². The molecule has 6 atom stereocenters. The minimum absolute atomic E-state index is 0.152. The molecule has 0 saturated carbocycles. The zero-order valence-electron chi connectivity index (χ0n) is 13.6.